The fraction of sp³-hybridized carbons (Fsp3) is 0.654. The van der Waals surface area contributed by atoms with Crippen molar-refractivity contribution in [3.05, 3.63) is 30.1 Å². The number of hydrogen-bond donors (Lipinski definition) is 1. The number of para-hydroxylation sites is 2. The van der Waals surface area contributed by atoms with Crippen LogP contribution in [0.3, 0.4) is 0 Å². The van der Waals surface area contributed by atoms with Crippen molar-refractivity contribution in [3.8, 4) is 0 Å². The Morgan fingerprint density at radius 1 is 1.18 bits per heavy atom. The van der Waals surface area contributed by atoms with Gasteiger partial charge in [0.05, 0.1) is 23.7 Å². The SMILES string of the molecule is CC(C)OCCCN1C(=O)c2nc3ccccc3n2CC1(C)C(=O)NC1CCCCCCC1. The van der Waals surface area contributed by atoms with Gasteiger partial charge < -0.3 is 19.5 Å². The molecule has 1 N–H and O–H groups in total. The fourth-order valence-electron chi connectivity index (χ4n) is 5.16. The van der Waals surface area contributed by atoms with E-state index in [1.54, 1.807) is 4.90 Å². The number of benzene rings is 1. The zero-order chi connectivity index (χ0) is 23.4. The minimum absolute atomic E-state index is 0.0605. The van der Waals surface area contributed by atoms with Crippen LogP contribution in [0.15, 0.2) is 24.3 Å². The maximum Gasteiger partial charge on any atom is 0.290 e. The number of nitrogens with one attached hydrogen (secondary N) is 1. The smallest absolute Gasteiger partial charge is 0.290 e. The summed E-state index contributed by atoms with van der Waals surface area (Å²) >= 11 is 0. The van der Waals surface area contributed by atoms with Crippen LogP contribution in [0.2, 0.25) is 0 Å². The Bertz CT molecular complexity index is 977. The van der Waals surface area contributed by atoms with E-state index in [4.69, 9.17) is 4.74 Å². The van der Waals surface area contributed by atoms with Crippen molar-refractivity contribution in [1.29, 1.82) is 0 Å². The predicted molar refractivity (Wildman–Crippen MR) is 129 cm³/mol. The molecule has 1 aromatic carbocycles. The zero-order valence-corrected chi connectivity index (χ0v) is 20.3. The van der Waals surface area contributed by atoms with Crippen molar-refractivity contribution in [3.63, 3.8) is 0 Å². The Labute approximate surface area is 196 Å². The van der Waals surface area contributed by atoms with E-state index in [9.17, 15) is 9.59 Å². The minimum atomic E-state index is -0.978. The summed E-state index contributed by atoms with van der Waals surface area (Å²) in [4.78, 5) is 33.8. The van der Waals surface area contributed by atoms with E-state index in [1.807, 2.05) is 49.6 Å². The van der Waals surface area contributed by atoms with E-state index in [2.05, 4.69) is 10.3 Å². The molecule has 2 amide bonds. The number of carbonyl (C=O) groups is 2. The van der Waals surface area contributed by atoms with Crippen LogP contribution < -0.4 is 5.32 Å². The van der Waals surface area contributed by atoms with Gasteiger partial charge in [-0.1, -0.05) is 44.2 Å². The average Bonchev–Trinajstić information content (AvgIpc) is 3.13. The highest BCUT2D eigenvalue weighted by Crippen LogP contribution is 2.31. The summed E-state index contributed by atoms with van der Waals surface area (Å²) in [5.74, 6) is 0.171. The molecule has 4 rings (SSSR count). The molecule has 0 saturated heterocycles. The summed E-state index contributed by atoms with van der Waals surface area (Å²) < 4.78 is 7.63. The normalized spacial score (nSPS) is 22.3. The molecule has 1 aliphatic carbocycles. The Morgan fingerprint density at radius 3 is 2.61 bits per heavy atom. The first-order valence-electron chi connectivity index (χ1n) is 12.6. The Kier molecular flexibility index (Phi) is 7.37. The zero-order valence-electron chi connectivity index (χ0n) is 20.3. The molecule has 0 bridgehead atoms. The van der Waals surface area contributed by atoms with Gasteiger partial charge in [-0.15, -0.1) is 0 Å². The lowest BCUT2D eigenvalue weighted by molar-refractivity contribution is -0.133. The highest BCUT2D eigenvalue weighted by atomic mass is 16.5. The first-order valence-corrected chi connectivity index (χ1v) is 12.6. The van der Waals surface area contributed by atoms with Crippen LogP contribution in [0, 0.1) is 0 Å². The van der Waals surface area contributed by atoms with Crippen LogP contribution in [0.5, 0.6) is 0 Å². The standard InChI is InChI=1S/C26H38N4O3/c1-19(2)33-17-11-16-30-24(31)23-28-21-14-9-10-15-22(21)29(23)18-26(30,3)25(32)27-20-12-7-5-4-6-8-13-20/h9-10,14-15,19-20H,4-8,11-13,16-18H2,1-3H3,(H,27,32). The second-order valence-corrected chi connectivity index (χ2v) is 10.0. The van der Waals surface area contributed by atoms with Gasteiger partial charge in [-0.25, -0.2) is 4.98 Å². The van der Waals surface area contributed by atoms with E-state index in [1.165, 1.54) is 19.3 Å². The van der Waals surface area contributed by atoms with Crippen molar-refractivity contribution in [2.24, 2.45) is 0 Å². The topological polar surface area (TPSA) is 76.5 Å². The van der Waals surface area contributed by atoms with Crippen LogP contribution >= 0.6 is 0 Å². The van der Waals surface area contributed by atoms with Gasteiger partial charge in [0, 0.05) is 19.2 Å². The number of ether oxygens (including phenoxy) is 1. The summed E-state index contributed by atoms with van der Waals surface area (Å²) in [5, 5.41) is 3.33. The number of carbonyl (C=O) groups excluding carboxylic acids is 2. The predicted octanol–water partition coefficient (Wildman–Crippen LogP) is 4.30. The van der Waals surface area contributed by atoms with Crippen molar-refractivity contribution < 1.29 is 14.3 Å². The number of aromatic nitrogens is 2. The van der Waals surface area contributed by atoms with Crippen molar-refractivity contribution in [2.45, 2.75) is 96.4 Å². The summed E-state index contributed by atoms with van der Waals surface area (Å²) in [6.07, 6.45) is 8.88. The van der Waals surface area contributed by atoms with Gasteiger partial charge in [0.15, 0.2) is 5.82 Å². The third kappa shape index (κ3) is 5.08. The van der Waals surface area contributed by atoms with E-state index in [0.29, 0.717) is 31.9 Å². The number of rotatable bonds is 7. The first kappa shape index (κ1) is 23.7. The molecule has 0 spiro atoms. The highest BCUT2D eigenvalue weighted by molar-refractivity contribution is 6.01. The van der Waals surface area contributed by atoms with Crippen LogP contribution in [0.4, 0.5) is 0 Å². The molecule has 2 heterocycles. The molecule has 1 saturated carbocycles. The van der Waals surface area contributed by atoms with Crippen LogP contribution in [0.1, 0.15) is 82.8 Å². The van der Waals surface area contributed by atoms with E-state index in [-0.39, 0.29) is 24.0 Å². The molecule has 180 valence electrons. The first-order chi connectivity index (χ1) is 15.9. The monoisotopic (exact) mass is 454 g/mol. The van der Waals surface area contributed by atoms with Gasteiger partial charge in [-0.2, -0.15) is 0 Å². The lowest BCUT2D eigenvalue weighted by Crippen LogP contribution is -2.65. The average molecular weight is 455 g/mol. The maximum atomic E-state index is 13.8. The lowest BCUT2D eigenvalue weighted by Gasteiger charge is -2.44. The van der Waals surface area contributed by atoms with Gasteiger partial charge in [0.1, 0.15) is 5.54 Å². The molecule has 2 aliphatic rings. The number of nitrogens with zero attached hydrogens (tertiary/aromatic N) is 3. The molecule has 1 unspecified atom stereocenters. The molecule has 33 heavy (non-hydrogen) atoms. The quantitative estimate of drug-likeness (QED) is 0.633. The molecular formula is C26H38N4O3. The maximum absolute atomic E-state index is 13.8. The summed E-state index contributed by atoms with van der Waals surface area (Å²) in [5.41, 5.74) is 0.704. The Hall–Kier alpha value is -2.41. The summed E-state index contributed by atoms with van der Waals surface area (Å²) in [7, 11) is 0. The molecule has 7 heteroatoms. The van der Waals surface area contributed by atoms with Crippen LogP contribution in [-0.2, 0) is 16.1 Å². The molecule has 1 atom stereocenters. The Morgan fingerprint density at radius 2 is 1.88 bits per heavy atom. The summed E-state index contributed by atoms with van der Waals surface area (Å²) in [6, 6.07) is 7.94. The van der Waals surface area contributed by atoms with Crippen LogP contribution in [0.25, 0.3) is 11.0 Å². The third-order valence-electron chi connectivity index (χ3n) is 7.06. The highest BCUT2D eigenvalue weighted by Gasteiger charge is 2.48. The minimum Gasteiger partial charge on any atom is -0.379 e. The van der Waals surface area contributed by atoms with E-state index >= 15 is 0 Å². The van der Waals surface area contributed by atoms with Crippen LogP contribution in [-0.4, -0.2) is 57.1 Å². The third-order valence-corrected chi connectivity index (χ3v) is 7.06. The molecule has 1 aliphatic heterocycles. The largest absolute Gasteiger partial charge is 0.379 e. The fourth-order valence-corrected chi connectivity index (χ4v) is 5.16. The van der Waals surface area contributed by atoms with Crippen molar-refractivity contribution >= 4 is 22.8 Å². The molecule has 2 aromatic rings. The van der Waals surface area contributed by atoms with E-state index < -0.39 is 5.54 Å². The molecule has 1 aromatic heterocycles. The van der Waals surface area contributed by atoms with Crippen molar-refractivity contribution in [2.75, 3.05) is 13.2 Å². The van der Waals surface area contributed by atoms with Gasteiger partial charge in [-0.05, 0) is 52.2 Å². The molecule has 1 fully saturated rings. The number of hydrogen-bond acceptors (Lipinski definition) is 4. The lowest BCUT2D eigenvalue weighted by atomic mass is 9.92. The number of amides is 2. The van der Waals surface area contributed by atoms with E-state index in [0.717, 1.165) is 36.7 Å². The van der Waals surface area contributed by atoms with Gasteiger partial charge >= 0.3 is 0 Å². The number of fused-ring (bicyclic) bond motifs is 3. The molecule has 0 radical (unpaired) electrons. The molecule has 7 nitrogen and oxygen atoms in total. The Balaban J connectivity index is 1.61. The second-order valence-electron chi connectivity index (χ2n) is 10.0. The number of imidazole rings is 1. The summed E-state index contributed by atoms with van der Waals surface area (Å²) in [6.45, 7) is 7.33. The van der Waals surface area contributed by atoms with Gasteiger partial charge in [0.25, 0.3) is 5.91 Å². The van der Waals surface area contributed by atoms with Gasteiger partial charge in [0.2, 0.25) is 5.91 Å². The van der Waals surface area contributed by atoms with Gasteiger partial charge in [-0.3, -0.25) is 9.59 Å². The van der Waals surface area contributed by atoms with Crippen molar-refractivity contribution in [1.82, 2.24) is 19.8 Å². The molecular weight excluding hydrogens is 416 g/mol. The second kappa shape index (κ2) is 10.2.